The molecule has 2 N–H and O–H groups in total. The van der Waals surface area contributed by atoms with Gasteiger partial charge < -0.3 is 5.73 Å². The van der Waals surface area contributed by atoms with E-state index in [0.717, 1.165) is 12.0 Å². The highest BCUT2D eigenvalue weighted by atomic mass is 14.5. The van der Waals surface area contributed by atoms with Gasteiger partial charge in [0, 0.05) is 6.54 Å². The molecule has 0 unspecified atom stereocenters. The van der Waals surface area contributed by atoms with Crippen LogP contribution in [0.1, 0.15) is 27.2 Å². The molecule has 0 aromatic heterocycles. The lowest BCUT2D eigenvalue weighted by Gasteiger charge is -1.88. The van der Waals surface area contributed by atoms with Crippen molar-refractivity contribution in [2.75, 3.05) is 6.54 Å². The minimum atomic E-state index is 0.566. The zero-order chi connectivity index (χ0) is 8.41. The Kier molecular flexibility index (Phi) is 13.7. The topological polar surface area (TPSA) is 26.0 Å². The van der Waals surface area contributed by atoms with E-state index in [1.807, 2.05) is 19.9 Å². The van der Waals surface area contributed by atoms with Gasteiger partial charge >= 0.3 is 0 Å². The van der Waals surface area contributed by atoms with E-state index in [4.69, 9.17) is 5.73 Å². The van der Waals surface area contributed by atoms with Gasteiger partial charge in [0.05, 0.1) is 0 Å². The van der Waals surface area contributed by atoms with Crippen LogP contribution in [0.2, 0.25) is 0 Å². The average Bonchev–Trinajstić information content (AvgIpc) is 2.04. The third kappa shape index (κ3) is 10.4. The summed E-state index contributed by atoms with van der Waals surface area (Å²) < 4.78 is 0. The van der Waals surface area contributed by atoms with Crippen molar-refractivity contribution in [3.63, 3.8) is 0 Å². The Bertz CT molecular complexity index is 92.9. The standard InChI is InChI=1S/C7H13N.C2H6/c1-3-4-5-7(2)6-8;1-2/h4-5H,2-3,6,8H2,1H3;1-2H3/b5-4-;. The lowest BCUT2D eigenvalue weighted by Crippen LogP contribution is -1.98. The quantitative estimate of drug-likeness (QED) is 0.600. The second-order valence-electron chi connectivity index (χ2n) is 1.67. The van der Waals surface area contributed by atoms with Gasteiger partial charge in [-0.1, -0.05) is 39.5 Å². The molecule has 0 radical (unpaired) electrons. The van der Waals surface area contributed by atoms with Gasteiger partial charge in [0.2, 0.25) is 0 Å². The second-order valence-corrected chi connectivity index (χ2v) is 1.67. The van der Waals surface area contributed by atoms with Gasteiger partial charge in [-0.3, -0.25) is 0 Å². The van der Waals surface area contributed by atoms with Crippen molar-refractivity contribution < 1.29 is 0 Å². The molecule has 0 fully saturated rings. The molecule has 1 heteroatoms. The largest absolute Gasteiger partial charge is 0.327 e. The van der Waals surface area contributed by atoms with E-state index >= 15 is 0 Å². The number of allylic oxidation sites excluding steroid dienone is 1. The predicted molar refractivity (Wildman–Crippen MR) is 49.0 cm³/mol. The molecular weight excluding hydrogens is 122 g/mol. The summed E-state index contributed by atoms with van der Waals surface area (Å²) in [5.74, 6) is 0. The monoisotopic (exact) mass is 141 g/mol. The van der Waals surface area contributed by atoms with Gasteiger partial charge in [-0.25, -0.2) is 0 Å². The first kappa shape index (κ1) is 12.1. The van der Waals surface area contributed by atoms with E-state index in [-0.39, 0.29) is 0 Å². The maximum Gasteiger partial charge on any atom is 0.0172 e. The molecule has 0 aromatic rings. The van der Waals surface area contributed by atoms with E-state index in [2.05, 4.69) is 19.6 Å². The zero-order valence-corrected chi connectivity index (χ0v) is 7.35. The lowest BCUT2D eigenvalue weighted by molar-refractivity contribution is 1.17. The fourth-order valence-corrected chi connectivity index (χ4v) is 0.353. The molecule has 0 aliphatic heterocycles. The Morgan fingerprint density at radius 2 is 2.00 bits per heavy atom. The van der Waals surface area contributed by atoms with Crippen molar-refractivity contribution in [1.29, 1.82) is 0 Å². The van der Waals surface area contributed by atoms with Crippen LogP contribution in [-0.4, -0.2) is 6.54 Å². The molecule has 0 saturated carbocycles. The third-order valence-corrected chi connectivity index (χ3v) is 0.851. The SMILES string of the molecule is C=C(/C=C\CC)CN.CC. The fourth-order valence-electron chi connectivity index (χ4n) is 0.353. The van der Waals surface area contributed by atoms with Crippen LogP contribution in [-0.2, 0) is 0 Å². The molecule has 10 heavy (non-hydrogen) atoms. The van der Waals surface area contributed by atoms with Gasteiger partial charge in [0.15, 0.2) is 0 Å². The Morgan fingerprint density at radius 1 is 1.50 bits per heavy atom. The molecule has 0 saturated heterocycles. The normalized spacial score (nSPS) is 8.80. The van der Waals surface area contributed by atoms with Crippen LogP contribution in [0.3, 0.4) is 0 Å². The van der Waals surface area contributed by atoms with Gasteiger partial charge in [0.25, 0.3) is 0 Å². The number of rotatable bonds is 3. The third-order valence-electron chi connectivity index (χ3n) is 0.851. The number of hydrogen-bond donors (Lipinski definition) is 1. The summed E-state index contributed by atoms with van der Waals surface area (Å²) in [6.45, 7) is 10.3. The van der Waals surface area contributed by atoms with Crippen LogP contribution in [0, 0.1) is 0 Å². The molecule has 1 nitrogen and oxygen atoms in total. The molecular formula is C9H19N. The highest BCUT2D eigenvalue weighted by Gasteiger charge is 1.76. The van der Waals surface area contributed by atoms with E-state index in [1.54, 1.807) is 0 Å². The summed E-state index contributed by atoms with van der Waals surface area (Å²) in [6, 6.07) is 0. The fraction of sp³-hybridized carbons (Fsp3) is 0.556. The number of hydrogen-bond acceptors (Lipinski definition) is 1. The summed E-state index contributed by atoms with van der Waals surface area (Å²) >= 11 is 0. The molecule has 0 aliphatic carbocycles. The van der Waals surface area contributed by atoms with Crippen LogP contribution in [0.4, 0.5) is 0 Å². The van der Waals surface area contributed by atoms with Crippen LogP contribution in [0.15, 0.2) is 24.3 Å². The summed E-state index contributed by atoms with van der Waals surface area (Å²) in [4.78, 5) is 0. The van der Waals surface area contributed by atoms with Gasteiger partial charge in [-0.2, -0.15) is 0 Å². The molecule has 0 rings (SSSR count). The summed E-state index contributed by atoms with van der Waals surface area (Å²) in [5.41, 5.74) is 6.25. The first-order chi connectivity index (χ1) is 4.81. The highest BCUT2D eigenvalue weighted by molar-refractivity contribution is 5.14. The van der Waals surface area contributed by atoms with Crippen molar-refractivity contribution in [3.8, 4) is 0 Å². The first-order valence-electron chi connectivity index (χ1n) is 3.85. The highest BCUT2D eigenvalue weighted by Crippen LogP contribution is 1.89. The molecule has 0 atom stereocenters. The van der Waals surface area contributed by atoms with E-state index in [1.165, 1.54) is 0 Å². The Balaban J connectivity index is 0. The Morgan fingerprint density at radius 3 is 2.30 bits per heavy atom. The Hall–Kier alpha value is -0.560. The van der Waals surface area contributed by atoms with Crippen LogP contribution in [0.25, 0.3) is 0 Å². The van der Waals surface area contributed by atoms with Crippen LogP contribution in [0.5, 0.6) is 0 Å². The van der Waals surface area contributed by atoms with Gasteiger partial charge in [-0.15, -0.1) is 0 Å². The molecule has 0 heterocycles. The molecule has 0 amide bonds. The van der Waals surface area contributed by atoms with Crippen LogP contribution < -0.4 is 5.73 Å². The first-order valence-corrected chi connectivity index (χ1v) is 3.85. The summed E-state index contributed by atoms with van der Waals surface area (Å²) in [6.07, 6.45) is 5.06. The maximum absolute atomic E-state index is 5.26. The van der Waals surface area contributed by atoms with Gasteiger partial charge in [-0.05, 0) is 12.0 Å². The Labute approximate surface area is 64.6 Å². The average molecular weight is 141 g/mol. The van der Waals surface area contributed by atoms with Crippen molar-refractivity contribution in [1.82, 2.24) is 0 Å². The molecule has 0 aliphatic rings. The smallest absolute Gasteiger partial charge is 0.0172 e. The number of nitrogens with two attached hydrogens (primary N) is 1. The molecule has 0 spiro atoms. The van der Waals surface area contributed by atoms with Crippen molar-refractivity contribution in [2.45, 2.75) is 27.2 Å². The molecule has 60 valence electrons. The van der Waals surface area contributed by atoms with Crippen molar-refractivity contribution in [3.05, 3.63) is 24.3 Å². The van der Waals surface area contributed by atoms with E-state index < -0.39 is 0 Å². The predicted octanol–water partition coefficient (Wildman–Crippen LogP) is 2.49. The second kappa shape index (κ2) is 11.3. The van der Waals surface area contributed by atoms with Crippen molar-refractivity contribution in [2.24, 2.45) is 5.73 Å². The summed E-state index contributed by atoms with van der Waals surface area (Å²) in [5, 5.41) is 0. The van der Waals surface area contributed by atoms with E-state index in [9.17, 15) is 0 Å². The minimum absolute atomic E-state index is 0.566. The zero-order valence-electron chi connectivity index (χ0n) is 7.35. The van der Waals surface area contributed by atoms with Gasteiger partial charge in [0.1, 0.15) is 0 Å². The van der Waals surface area contributed by atoms with Crippen molar-refractivity contribution >= 4 is 0 Å². The molecule has 0 bridgehead atoms. The van der Waals surface area contributed by atoms with Crippen LogP contribution >= 0.6 is 0 Å². The maximum atomic E-state index is 5.26. The summed E-state index contributed by atoms with van der Waals surface area (Å²) in [7, 11) is 0. The lowest BCUT2D eigenvalue weighted by atomic mass is 10.2. The minimum Gasteiger partial charge on any atom is -0.327 e. The van der Waals surface area contributed by atoms with E-state index in [0.29, 0.717) is 6.54 Å². The molecule has 0 aromatic carbocycles.